The maximum absolute atomic E-state index is 13.1. The number of fused-ring (bicyclic) bond motifs is 2. The Morgan fingerprint density at radius 3 is 2.62 bits per heavy atom. The summed E-state index contributed by atoms with van der Waals surface area (Å²) in [6.07, 6.45) is 1.55. The van der Waals surface area contributed by atoms with Crippen LogP contribution in [-0.2, 0) is 27.8 Å². The maximum Gasteiger partial charge on any atom is 0.243 e. The highest BCUT2D eigenvalue weighted by Gasteiger charge is 2.27. The van der Waals surface area contributed by atoms with E-state index >= 15 is 0 Å². The van der Waals surface area contributed by atoms with Gasteiger partial charge in [0.1, 0.15) is 17.5 Å². The minimum absolute atomic E-state index is 0.0664. The van der Waals surface area contributed by atoms with Gasteiger partial charge in [-0.05, 0) is 37.3 Å². The highest BCUT2D eigenvalue weighted by molar-refractivity contribution is 7.89. The molecule has 1 aliphatic heterocycles. The van der Waals surface area contributed by atoms with E-state index in [1.807, 2.05) is 34.3 Å². The van der Waals surface area contributed by atoms with E-state index < -0.39 is 10.0 Å². The van der Waals surface area contributed by atoms with Gasteiger partial charge < -0.3 is 13.9 Å². The average Bonchev–Trinajstić information content (AvgIpc) is 3.22. The molecule has 174 valence electrons. The number of imidazole rings is 1. The first-order valence-electron chi connectivity index (χ1n) is 11.0. The summed E-state index contributed by atoms with van der Waals surface area (Å²) in [4.78, 5) is 17.5. The van der Waals surface area contributed by atoms with Crippen LogP contribution in [0.15, 0.2) is 58.4 Å². The molecule has 2 aromatic heterocycles. The van der Waals surface area contributed by atoms with Crippen molar-refractivity contribution in [1.82, 2.24) is 18.4 Å². The van der Waals surface area contributed by atoms with Crippen molar-refractivity contribution in [2.45, 2.75) is 24.9 Å². The second-order valence-corrected chi connectivity index (χ2v) is 10.0. The van der Waals surface area contributed by atoms with Crippen molar-refractivity contribution < 1.29 is 13.2 Å². The molecule has 3 heterocycles. The molecule has 4 aromatic rings. The van der Waals surface area contributed by atoms with Gasteiger partial charge in [0.15, 0.2) is 0 Å². The molecule has 5 rings (SSSR count). The first-order chi connectivity index (χ1) is 16.4. The highest BCUT2D eigenvalue weighted by atomic mass is 32.2. The lowest BCUT2D eigenvalue weighted by atomic mass is 10.1. The third kappa shape index (κ3) is 3.68. The number of nitrogens with zero attached hydrogens (tertiary/aromatic N) is 5. The van der Waals surface area contributed by atoms with E-state index in [9.17, 15) is 18.5 Å². The second-order valence-electron chi connectivity index (χ2n) is 8.07. The number of para-hydroxylation sites is 1. The Kier molecular flexibility index (Phi) is 5.69. The largest absolute Gasteiger partial charge is 0.379 e. The SMILES string of the molecule is CCn1c(Cn2cc(C#N)c(=O)c3ccccc32)nc2cc(S(=O)(=O)N3CCOCC3)ccc21. The Bertz CT molecular complexity index is 1610. The maximum atomic E-state index is 13.1. The summed E-state index contributed by atoms with van der Waals surface area (Å²) in [5, 5.41) is 9.92. The van der Waals surface area contributed by atoms with Crippen molar-refractivity contribution in [2.24, 2.45) is 0 Å². The number of aromatic nitrogens is 3. The van der Waals surface area contributed by atoms with Gasteiger partial charge in [0.2, 0.25) is 15.5 Å². The van der Waals surface area contributed by atoms with Crippen LogP contribution in [0.1, 0.15) is 18.3 Å². The van der Waals surface area contributed by atoms with Crippen molar-refractivity contribution in [3.8, 4) is 6.07 Å². The minimum Gasteiger partial charge on any atom is -0.379 e. The van der Waals surface area contributed by atoms with E-state index in [2.05, 4.69) is 0 Å². The average molecular weight is 478 g/mol. The number of pyridine rings is 1. The summed E-state index contributed by atoms with van der Waals surface area (Å²) < 4.78 is 36.8. The fourth-order valence-electron chi connectivity index (χ4n) is 4.44. The van der Waals surface area contributed by atoms with Crippen molar-refractivity contribution in [3.63, 3.8) is 0 Å². The molecule has 34 heavy (non-hydrogen) atoms. The fraction of sp³-hybridized carbons (Fsp3) is 0.292. The predicted molar refractivity (Wildman–Crippen MR) is 127 cm³/mol. The molecule has 0 bridgehead atoms. The van der Waals surface area contributed by atoms with Crippen molar-refractivity contribution in [1.29, 1.82) is 5.26 Å². The lowest BCUT2D eigenvalue weighted by molar-refractivity contribution is 0.0730. The van der Waals surface area contributed by atoms with Gasteiger partial charge in [-0.3, -0.25) is 4.79 Å². The van der Waals surface area contributed by atoms with Crippen LogP contribution >= 0.6 is 0 Å². The molecule has 9 nitrogen and oxygen atoms in total. The van der Waals surface area contributed by atoms with E-state index in [-0.39, 0.29) is 15.9 Å². The molecule has 0 unspecified atom stereocenters. The molecule has 0 radical (unpaired) electrons. The molecule has 0 spiro atoms. The molecule has 0 N–H and O–H groups in total. The van der Waals surface area contributed by atoms with Crippen LogP contribution in [0.4, 0.5) is 0 Å². The second kappa shape index (κ2) is 8.68. The Labute approximate surface area is 196 Å². The summed E-state index contributed by atoms with van der Waals surface area (Å²) in [6.45, 7) is 4.37. The molecule has 0 aliphatic carbocycles. The van der Waals surface area contributed by atoms with E-state index in [0.717, 1.165) is 5.52 Å². The summed E-state index contributed by atoms with van der Waals surface area (Å²) in [5.74, 6) is 0.705. The van der Waals surface area contributed by atoms with Crippen molar-refractivity contribution in [3.05, 3.63) is 70.3 Å². The monoisotopic (exact) mass is 477 g/mol. The van der Waals surface area contributed by atoms with E-state index in [0.29, 0.717) is 61.6 Å². The zero-order valence-electron chi connectivity index (χ0n) is 18.6. The van der Waals surface area contributed by atoms with Crippen LogP contribution in [0.25, 0.3) is 21.9 Å². The highest BCUT2D eigenvalue weighted by Crippen LogP contribution is 2.24. The minimum atomic E-state index is -3.64. The summed E-state index contributed by atoms with van der Waals surface area (Å²) in [6, 6.07) is 14.2. The van der Waals surface area contributed by atoms with Crippen LogP contribution in [0.5, 0.6) is 0 Å². The first-order valence-corrected chi connectivity index (χ1v) is 12.5. The molecule has 0 saturated carbocycles. The quantitative estimate of drug-likeness (QED) is 0.436. The van der Waals surface area contributed by atoms with Gasteiger partial charge in [-0.25, -0.2) is 13.4 Å². The lowest BCUT2D eigenvalue weighted by Gasteiger charge is -2.26. The molecular weight excluding hydrogens is 454 g/mol. The number of benzene rings is 2. The van der Waals surface area contributed by atoms with Crippen LogP contribution < -0.4 is 5.43 Å². The van der Waals surface area contributed by atoms with Gasteiger partial charge in [0, 0.05) is 31.2 Å². The molecule has 1 fully saturated rings. The summed E-state index contributed by atoms with van der Waals surface area (Å²) in [7, 11) is -3.64. The van der Waals surface area contributed by atoms with Gasteiger partial charge >= 0.3 is 0 Å². The molecule has 1 aliphatic rings. The van der Waals surface area contributed by atoms with Crippen LogP contribution in [0, 0.1) is 11.3 Å². The molecule has 0 amide bonds. The Balaban J connectivity index is 1.60. The van der Waals surface area contributed by atoms with Gasteiger partial charge in [-0.2, -0.15) is 9.57 Å². The molecule has 10 heteroatoms. The number of sulfonamides is 1. The molecule has 0 atom stereocenters. The number of hydrogen-bond donors (Lipinski definition) is 0. The first kappa shape index (κ1) is 22.3. The van der Waals surface area contributed by atoms with Gasteiger partial charge in [-0.1, -0.05) is 12.1 Å². The van der Waals surface area contributed by atoms with Crippen LogP contribution in [-0.4, -0.2) is 53.1 Å². The van der Waals surface area contributed by atoms with E-state index in [1.165, 1.54) is 4.31 Å². The number of morpholine rings is 1. The standard InChI is InChI=1S/C24H23N5O4S/c1-2-29-22-8-7-18(34(31,32)28-9-11-33-12-10-28)13-20(22)26-23(29)16-27-15-17(14-25)24(30)19-5-3-4-6-21(19)27/h3-8,13,15H,2,9-12,16H2,1H3. The third-order valence-corrected chi connectivity index (χ3v) is 8.04. The van der Waals surface area contributed by atoms with E-state index in [4.69, 9.17) is 9.72 Å². The van der Waals surface area contributed by atoms with Gasteiger partial charge in [0.25, 0.3) is 0 Å². The Hall–Kier alpha value is -3.52. The molecule has 1 saturated heterocycles. The van der Waals surface area contributed by atoms with Crippen molar-refractivity contribution in [2.75, 3.05) is 26.3 Å². The number of aryl methyl sites for hydroxylation is 1. The molecule has 2 aromatic carbocycles. The summed E-state index contributed by atoms with van der Waals surface area (Å²) in [5.41, 5.74) is 1.88. The van der Waals surface area contributed by atoms with E-state index in [1.54, 1.807) is 36.5 Å². The van der Waals surface area contributed by atoms with Crippen LogP contribution in [0.2, 0.25) is 0 Å². The number of hydrogen-bond acceptors (Lipinski definition) is 6. The zero-order chi connectivity index (χ0) is 23.9. The molecular formula is C24H23N5O4S. The normalized spacial score (nSPS) is 15.1. The Morgan fingerprint density at radius 1 is 1.12 bits per heavy atom. The van der Waals surface area contributed by atoms with Crippen molar-refractivity contribution >= 4 is 32.0 Å². The smallest absolute Gasteiger partial charge is 0.243 e. The summed E-state index contributed by atoms with van der Waals surface area (Å²) >= 11 is 0. The van der Waals surface area contributed by atoms with Gasteiger partial charge in [0.05, 0.1) is 41.2 Å². The lowest BCUT2D eigenvalue weighted by Crippen LogP contribution is -2.40. The number of ether oxygens (including phenoxy) is 1. The zero-order valence-corrected chi connectivity index (χ0v) is 19.5. The number of rotatable bonds is 5. The fourth-order valence-corrected chi connectivity index (χ4v) is 5.87. The topological polar surface area (TPSA) is 110 Å². The van der Waals surface area contributed by atoms with Gasteiger partial charge in [-0.15, -0.1) is 0 Å². The third-order valence-electron chi connectivity index (χ3n) is 6.14. The Morgan fingerprint density at radius 2 is 1.88 bits per heavy atom. The number of nitriles is 1. The predicted octanol–water partition coefficient (Wildman–Crippen LogP) is 2.31. The van der Waals surface area contributed by atoms with Crippen LogP contribution in [0.3, 0.4) is 0 Å².